The minimum atomic E-state index is -4.19. The molecule has 0 bridgehead atoms. The molecule has 0 aliphatic heterocycles. The molecule has 0 spiro atoms. The van der Waals surface area contributed by atoms with E-state index in [0.717, 1.165) is 5.56 Å². The van der Waals surface area contributed by atoms with E-state index in [1.54, 1.807) is 48.7 Å². The Morgan fingerprint density at radius 1 is 1.14 bits per heavy atom. The molecule has 0 unspecified atom stereocenters. The summed E-state index contributed by atoms with van der Waals surface area (Å²) in [6.45, 7) is 7.40. The van der Waals surface area contributed by atoms with Crippen molar-refractivity contribution in [3.8, 4) is 17.2 Å². The van der Waals surface area contributed by atoms with Crippen LogP contribution in [0.3, 0.4) is 0 Å². The molecule has 2 aromatic heterocycles. The number of halogens is 2. The van der Waals surface area contributed by atoms with Gasteiger partial charge in [-0.15, -0.1) is 0 Å². The quantitative estimate of drug-likeness (QED) is 0.188. The number of benzene rings is 1. The minimum absolute atomic E-state index is 0.0925. The summed E-state index contributed by atoms with van der Waals surface area (Å²) in [6.07, 6.45) is 5.18. The molecule has 2 heterocycles. The van der Waals surface area contributed by atoms with Crippen LogP contribution in [-0.2, 0) is 10.2 Å². The van der Waals surface area contributed by atoms with Crippen molar-refractivity contribution in [2.24, 2.45) is 0 Å². The van der Waals surface area contributed by atoms with Gasteiger partial charge in [0.1, 0.15) is 0 Å². The average molecular weight is 641 g/mol. The zero-order chi connectivity index (χ0) is 26.1. The Morgan fingerprint density at radius 3 is 2.53 bits per heavy atom. The van der Waals surface area contributed by atoms with Gasteiger partial charge in [-0.05, 0) is 12.5 Å². The van der Waals surface area contributed by atoms with Crippen LogP contribution in [0.2, 0.25) is 5.15 Å². The van der Waals surface area contributed by atoms with Crippen LogP contribution in [0.4, 0.5) is 11.6 Å². The molecule has 0 aliphatic carbocycles. The zero-order valence-electron chi connectivity index (χ0n) is 19.7. The van der Waals surface area contributed by atoms with Crippen LogP contribution in [0, 0.1) is 6.92 Å². The van der Waals surface area contributed by atoms with E-state index in [0.29, 0.717) is 17.1 Å². The van der Waals surface area contributed by atoms with Crippen molar-refractivity contribution < 1.29 is 39.1 Å². The first-order valence-electron chi connectivity index (χ1n) is 10.4. The van der Waals surface area contributed by atoms with E-state index >= 15 is 0 Å². The molecule has 3 rings (SSSR count). The first kappa shape index (κ1) is 27.4. The third-order valence-corrected chi connectivity index (χ3v) is 6.94. The molecule has 0 saturated heterocycles. The van der Waals surface area contributed by atoms with Crippen molar-refractivity contribution in [1.82, 2.24) is 15.0 Å². The van der Waals surface area contributed by atoms with Gasteiger partial charge in [-0.3, -0.25) is 0 Å². The van der Waals surface area contributed by atoms with Gasteiger partial charge in [0.15, 0.2) is 0 Å². The summed E-state index contributed by atoms with van der Waals surface area (Å²) in [4.78, 5) is 12.9. The number of nitrogens with one attached hydrogen (secondary N) is 2. The molecule has 1 aromatic carbocycles. The van der Waals surface area contributed by atoms with E-state index in [1.807, 2.05) is 28.1 Å². The second kappa shape index (κ2) is 12.7. The van der Waals surface area contributed by atoms with E-state index in [9.17, 15) is 8.42 Å². The van der Waals surface area contributed by atoms with Crippen LogP contribution in [0.15, 0.2) is 69.5 Å². The average Bonchev–Trinajstić information content (AvgIpc) is 2.85. The summed E-state index contributed by atoms with van der Waals surface area (Å²) >= 11 is 6.17. The number of nitrogens with zero attached hydrogens (tertiary/aromatic N) is 3. The summed E-state index contributed by atoms with van der Waals surface area (Å²) in [5.74, 6) is 0.802. The van der Waals surface area contributed by atoms with Gasteiger partial charge < -0.3 is 0 Å². The molecule has 0 radical (unpaired) electrons. The van der Waals surface area contributed by atoms with E-state index < -0.39 is 10.2 Å². The predicted octanol–water partition coefficient (Wildman–Crippen LogP) is 2.55. The fourth-order valence-electron chi connectivity index (χ4n) is 2.80. The Balaban J connectivity index is 2.06. The summed E-state index contributed by atoms with van der Waals surface area (Å²) < 4.78 is 45.8. The van der Waals surface area contributed by atoms with Crippen molar-refractivity contribution in [1.29, 1.82) is 0 Å². The van der Waals surface area contributed by atoms with Crippen LogP contribution in [0.5, 0.6) is 17.2 Å². The Labute approximate surface area is 225 Å². The van der Waals surface area contributed by atoms with Gasteiger partial charge in [-0.2, -0.15) is 0 Å². The molecule has 0 saturated carbocycles. The standard InChI is InChI=1S/C24H24ClIN5O4S/c1-5-17(13-14-26-6-2)23-28-22(25)21(35-19-10-8-7-9-18(19)34-4)24(29-23)31-36(32,33)30-20-12-11-16(3)15-27-20/h5-15H,2H2,1,3-4H3,(H,27,30)(H,28,29,31)/q-1/b14-13-,17-5+. The summed E-state index contributed by atoms with van der Waals surface area (Å²) in [5, 5.41) is -0.0942. The SMILES string of the molecule is C=C[I-]/C=C\C(=C/C)c1nc(Cl)c(Oc2ccccc2OC)c(NS(=O)(=O)Nc2ccc(C)cn2)n1. The monoisotopic (exact) mass is 640 g/mol. The Hall–Kier alpha value is -3.16. The zero-order valence-corrected chi connectivity index (χ0v) is 23.4. The maximum absolute atomic E-state index is 13.0. The number of anilines is 2. The van der Waals surface area contributed by atoms with Crippen LogP contribution in [0.25, 0.3) is 5.57 Å². The second-order valence-corrected chi connectivity index (χ2v) is 11.1. The van der Waals surface area contributed by atoms with Crippen molar-refractivity contribution in [2.75, 3.05) is 16.6 Å². The van der Waals surface area contributed by atoms with Gasteiger partial charge in [0, 0.05) is 0 Å². The molecule has 2 N–H and O–H groups in total. The Kier molecular flexibility index (Phi) is 9.67. The van der Waals surface area contributed by atoms with Gasteiger partial charge in [0.2, 0.25) is 0 Å². The number of hydrogen-bond donors (Lipinski definition) is 2. The maximum atomic E-state index is 13.0. The Bertz CT molecular complexity index is 1400. The van der Waals surface area contributed by atoms with Gasteiger partial charge in [0.05, 0.1) is 0 Å². The summed E-state index contributed by atoms with van der Waals surface area (Å²) in [6, 6.07) is 10.1. The van der Waals surface area contributed by atoms with Gasteiger partial charge in [-0.1, -0.05) is 0 Å². The van der Waals surface area contributed by atoms with Crippen molar-refractivity contribution in [3.63, 3.8) is 0 Å². The molecular formula is C24H24ClIN5O4S-. The molecule has 9 nitrogen and oxygen atoms in total. The molecule has 36 heavy (non-hydrogen) atoms. The van der Waals surface area contributed by atoms with E-state index in [1.165, 1.54) is 7.11 Å². The molecular weight excluding hydrogens is 617 g/mol. The van der Waals surface area contributed by atoms with Gasteiger partial charge in [0.25, 0.3) is 0 Å². The van der Waals surface area contributed by atoms with Crippen molar-refractivity contribution >= 4 is 39.0 Å². The second-order valence-electron chi connectivity index (χ2n) is 7.01. The van der Waals surface area contributed by atoms with Crippen molar-refractivity contribution in [3.05, 3.63) is 86.0 Å². The Morgan fingerprint density at radius 2 is 1.89 bits per heavy atom. The molecule has 12 heteroatoms. The number of aryl methyl sites for hydroxylation is 1. The predicted molar refractivity (Wildman–Crippen MR) is 138 cm³/mol. The van der Waals surface area contributed by atoms with E-state index in [2.05, 4.69) is 31.0 Å². The van der Waals surface area contributed by atoms with Gasteiger partial charge >= 0.3 is 214 Å². The first-order chi connectivity index (χ1) is 17.3. The third-order valence-electron chi connectivity index (χ3n) is 4.46. The van der Waals surface area contributed by atoms with Gasteiger partial charge in [-0.25, -0.2) is 0 Å². The number of rotatable bonds is 11. The number of pyridine rings is 1. The number of para-hydroxylation sites is 2. The van der Waals surface area contributed by atoms with Crippen LogP contribution < -0.4 is 40.1 Å². The number of hydrogen-bond acceptors (Lipinski definition) is 7. The van der Waals surface area contributed by atoms with E-state index in [-0.39, 0.29) is 49.6 Å². The normalized spacial score (nSPS) is 11.9. The molecule has 190 valence electrons. The number of allylic oxidation sites excluding steroid dienone is 3. The first-order valence-corrected chi connectivity index (χ1v) is 14.8. The topological polar surface area (TPSA) is 115 Å². The molecule has 3 aromatic rings. The molecule has 0 atom stereocenters. The van der Waals surface area contributed by atoms with E-state index in [4.69, 9.17) is 21.1 Å². The fourth-order valence-corrected chi connectivity index (χ4v) is 4.74. The summed E-state index contributed by atoms with van der Waals surface area (Å²) in [5.41, 5.74) is 1.53. The van der Waals surface area contributed by atoms with Crippen LogP contribution >= 0.6 is 11.6 Å². The molecule has 0 aliphatic rings. The molecule has 0 fully saturated rings. The van der Waals surface area contributed by atoms with Crippen molar-refractivity contribution in [2.45, 2.75) is 13.8 Å². The molecule has 0 amide bonds. The number of aromatic nitrogens is 3. The third kappa shape index (κ3) is 7.42. The fraction of sp³-hybridized carbons (Fsp3) is 0.125. The number of ether oxygens (including phenoxy) is 2. The van der Waals surface area contributed by atoms with Crippen LogP contribution in [-0.4, -0.2) is 30.5 Å². The number of methoxy groups -OCH3 is 1. The van der Waals surface area contributed by atoms with Crippen LogP contribution in [0.1, 0.15) is 18.3 Å². The summed E-state index contributed by atoms with van der Waals surface area (Å²) in [7, 11) is -2.70.